The Hall–Kier alpha value is -4.85. The molecule has 8 nitrogen and oxygen atoms in total. The van der Waals surface area contributed by atoms with Crippen LogP contribution >= 0.6 is 0 Å². The smallest absolute Gasteiger partial charge is 0.262 e. The van der Waals surface area contributed by atoms with Gasteiger partial charge in [-0.2, -0.15) is 0 Å². The molecule has 8 heteroatoms. The number of rotatable bonds is 10. The van der Waals surface area contributed by atoms with Gasteiger partial charge in [0.05, 0.1) is 26.2 Å². The van der Waals surface area contributed by atoms with Gasteiger partial charge in [0.2, 0.25) is 0 Å². The van der Waals surface area contributed by atoms with Crippen LogP contribution in [0.1, 0.15) is 15.9 Å². The maximum Gasteiger partial charge on any atom is 0.262 e. The number of carbonyl (C=O) groups excluding carboxylic acids is 2. The number of anilines is 1. The van der Waals surface area contributed by atoms with Gasteiger partial charge in [0, 0.05) is 23.6 Å². The number of nitrogens with zero attached hydrogens (tertiary/aromatic N) is 2. The minimum atomic E-state index is -0.338. The molecule has 3 aromatic carbocycles. The van der Waals surface area contributed by atoms with Gasteiger partial charge in [-0.25, -0.2) is 4.98 Å². The van der Waals surface area contributed by atoms with Gasteiger partial charge in [-0.3, -0.25) is 9.59 Å². The van der Waals surface area contributed by atoms with Gasteiger partial charge in [0.25, 0.3) is 5.91 Å². The molecule has 1 amide bonds. The topological polar surface area (TPSA) is 91.7 Å². The second kappa shape index (κ2) is 11.5. The molecule has 182 valence electrons. The van der Waals surface area contributed by atoms with Crippen LogP contribution in [0.4, 0.5) is 5.69 Å². The van der Waals surface area contributed by atoms with Gasteiger partial charge < -0.3 is 24.1 Å². The van der Waals surface area contributed by atoms with Crippen LogP contribution in [0.15, 0.2) is 91.5 Å². The third kappa shape index (κ3) is 5.98. The van der Waals surface area contributed by atoms with Crippen LogP contribution in [0.5, 0.6) is 17.2 Å². The van der Waals surface area contributed by atoms with Gasteiger partial charge in [0.1, 0.15) is 5.75 Å². The highest BCUT2D eigenvalue weighted by Gasteiger charge is 2.11. The Balaban J connectivity index is 1.37. The van der Waals surface area contributed by atoms with E-state index >= 15 is 0 Å². The van der Waals surface area contributed by atoms with E-state index in [1.54, 1.807) is 67.1 Å². The molecule has 0 atom stereocenters. The molecular formula is C28H25N3O5. The normalized spacial score (nSPS) is 10.7. The lowest BCUT2D eigenvalue weighted by molar-refractivity contribution is -0.118. The van der Waals surface area contributed by atoms with E-state index < -0.39 is 0 Å². The van der Waals surface area contributed by atoms with Crippen molar-refractivity contribution >= 4 is 23.5 Å². The lowest BCUT2D eigenvalue weighted by Crippen LogP contribution is -2.20. The molecule has 0 unspecified atom stereocenters. The van der Waals surface area contributed by atoms with Crippen molar-refractivity contribution < 1.29 is 23.8 Å². The van der Waals surface area contributed by atoms with Crippen LogP contribution in [-0.4, -0.2) is 42.1 Å². The minimum Gasteiger partial charge on any atom is -0.495 e. The Kier molecular flexibility index (Phi) is 7.77. The summed E-state index contributed by atoms with van der Waals surface area (Å²) in [5.41, 5.74) is 2.80. The molecule has 0 radical (unpaired) electrons. The van der Waals surface area contributed by atoms with Gasteiger partial charge in [0.15, 0.2) is 23.9 Å². The Morgan fingerprint density at radius 2 is 1.72 bits per heavy atom. The predicted octanol–water partition coefficient (Wildman–Crippen LogP) is 4.80. The Morgan fingerprint density at radius 3 is 2.44 bits per heavy atom. The SMILES string of the molecule is COc1ccccc1NC(=O)COc1ccc(/C=C/C(=O)c2ccc(-n3ccnc3)cc2)cc1OC. The average molecular weight is 484 g/mol. The number of para-hydroxylation sites is 2. The molecule has 0 aliphatic heterocycles. The zero-order valence-corrected chi connectivity index (χ0v) is 19.9. The number of ketones is 1. The van der Waals surface area contributed by atoms with Gasteiger partial charge in [-0.05, 0) is 60.2 Å². The number of imidazole rings is 1. The van der Waals surface area contributed by atoms with E-state index in [9.17, 15) is 9.59 Å². The molecule has 4 aromatic rings. The minimum absolute atomic E-state index is 0.125. The fourth-order valence-corrected chi connectivity index (χ4v) is 3.46. The summed E-state index contributed by atoms with van der Waals surface area (Å²) in [6.07, 6.45) is 8.44. The summed E-state index contributed by atoms with van der Waals surface area (Å²) < 4.78 is 18.2. The molecule has 0 bridgehead atoms. The number of amides is 1. The van der Waals surface area contributed by atoms with E-state index in [2.05, 4.69) is 10.3 Å². The van der Waals surface area contributed by atoms with Crippen LogP contribution in [0.3, 0.4) is 0 Å². The average Bonchev–Trinajstić information content (AvgIpc) is 3.46. The lowest BCUT2D eigenvalue weighted by Gasteiger charge is -2.13. The number of hydrogen-bond acceptors (Lipinski definition) is 6. The first-order valence-corrected chi connectivity index (χ1v) is 11.1. The van der Waals surface area contributed by atoms with Crippen LogP contribution in [-0.2, 0) is 4.79 Å². The van der Waals surface area contributed by atoms with Crippen molar-refractivity contribution in [1.29, 1.82) is 0 Å². The molecule has 1 N–H and O–H groups in total. The summed E-state index contributed by atoms with van der Waals surface area (Å²) in [6, 6.07) is 19.6. The van der Waals surface area contributed by atoms with Crippen molar-refractivity contribution in [2.75, 3.05) is 26.1 Å². The number of methoxy groups -OCH3 is 2. The summed E-state index contributed by atoms with van der Waals surface area (Å²) in [7, 11) is 3.05. The maximum atomic E-state index is 12.6. The first kappa shape index (κ1) is 24.3. The number of allylic oxidation sites excluding steroid dienone is 1. The van der Waals surface area contributed by atoms with E-state index in [-0.39, 0.29) is 18.3 Å². The molecule has 0 aliphatic carbocycles. The first-order chi connectivity index (χ1) is 17.6. The number of ether oxygens (including phenoxy) is 3. The van der Waals surface area contributed by atoms with Crippen molar-refractivity contribution in [3.8, 4) is 22.9 Å². The molecule has 36 heavy (non-hydrogen) atoms. The van der Waals surface area contributed by atoms with E-state index in [0.29, 0.717) is 28.5 Å². The zero-order chi connectivity index (χ0) is 25.3. The molecule has 0 aliphatic rings. The second-order valence-electron chi connectivity index (χ2n) is 7.66. The van der Waals surface area contributed by atoms with E-state index in [1.165, 1.54) is 20.3 Å². The largest absolute Gasteiger partial charge is 0.495 e. The number of benzene rings is 3. The van der Waals surface area contributed by atoms with Crippen LogP contribution in [0.25, 0.3) is 11.8 Å². The maximum absolute atomic E-state index is 12.6. The van der Waals surface area contributed by atoms with Crippen molar-refractivity contribution in [3.63, 3.8) is 0 Å². The van der Waals surface area contributed by atoms with Crippen LogP contribution in [0.2, 0.25) is 0 Å². The van der Waals surface area contributed by atoms with Gasteiger partial charge in [-0.1, -0.05) is 24.3 Å². The highest BCUT2D eigenvalue weighted by Crippen LogP contribution is 2.29. The molecule has 1 aromatic heterocycles. The first-order valence-electron chi connectivity index (χ1n) is 11.1. The molecule has 1 heterocycles. The number of carbonyl (C=O) groups is 2. The molecule has 0 saturated heterocycles. The summed E-state index contributed by atoms with van der Waals surface area (Å²) >= 11 is 0. The van der Waals surface area contributed by atoms with E-state index in [4.69, 9.17) is 14.2 Å². The Labute approximate surface area is 208 Å². The van der Waals surface area contributed by atoms with E-state index in [1.807, 2.05) is 29.0 Å². The third-order valence-corrected chi connectivity index (χ3v) is 5.31. The Bertz CT molecular complexity index is 1360. The van der Waals surface area contributed by atoms with Gasteiger partial charge >= 0.3 is 0 Å². The van der Waals surface area contributed by atoms with Gasteiger partial charge in [-0.15, -0.1) is 0 Å². The highest BCUT2D eigenvalue weighted by molar-refractivity contribution is 6.06. The lowest BCUT2D eigenvalue weighted by atomic mass is 10.1. The fraction of sp³-hybridized carbons (Fsp3) is 0.107. The van der Waals surface area contributed by atoms with Crippen molar-refractivity contribution in [1.82, 2.24) is 9.55 Å². The number of aromatic nitrogens is 2. The van der Waals surface area contributed by atoms with Crippen LogP contribution < -0.4 is 19.5 Å². The summed E-state index contributed by atoms with van der Waals surface area (Å²) in [4.78, 5) is 29.0. The summed E-state index contributed by atoms with van der Waals surface area (Å²) in [5, 5.41) is 2.76. The predicted molar refractivity (Wildman–Crippen MR) is 137 cm³/mol. The van der Waals surface area contributed by atoms with Crippen molar-refractivity contribution in [3.05, 3.63) is 103 Å². The number of nitrogens with one attached hydrogen (secondary N) is 1. The quantitative estimate of drug-likeness (QED) is 0.257. The standard InChI is InChI=1S/C28H25N3O5/c1-34-25-6-4-3-5-23(25)30-28(33)18-36-26-14-8-20(17-27(26)35-2)7-13-24(32)21-9-11-22(12-10-21)31-16-15-29-19-31/h3-17,19H,18H2,1-2H3,(H,30,33)/b13-7+. The Morgan fingerprint density at radius 1 is 0.944 bits per heavy atom. The second-order valence-corrected chi connectivity index (χ2v) is 7.66. The highest BCUT2D eigenvalue weighted by atomic mass is 16.5. The molecule has 0 spiro atoms. The molecular weight excluding hydrogens is 458 g/mol. The summed E-state index contributed by atoms with van der Waals surface area (Å²) in [5.74, 6) is 0.948. The number of hydrogen-bond donors (Lipinski definition) is 1. The van der Waals surface area contributed by atoms with Crippen molar-refractivity contribution in [2.24, 2.45) is 0 Å². The monoisotopic (exact) mass is 483 g/mol. The van der Waals surface area contributed by atoms with E-state index in [0.717, 1.165) is 11.3 Å². The third-order valence-electron chi connectivity index (χ3n) is 5.31. The zero-order valence-electron chi connectivity index (χ0n) is 19.9. The van der Waals surface area contributed by atoms with Crippen LogP contribution in [0, 0.1) is 0 Å². The fourth-order valence-electron chi connectivity index (χ4n) is 3.46. The van der Waals surface area contributed by atoms with Crippen molar-refractivity contribution in [2.45, 2.75) is 0 Å². The molecule has 0 saturated carbocycles. The molecule has 4 rings (SSSR count). The summed E-state index contributed by atoms with van der Waals surface area (Å²) in [6.45, 7) is -0.211. The molecule has 0 fully saturated rings.